The monoisotopic (exact) mass is 341 g/mol. The van der Waals surface area contributed by atoms with E-state index in [9.17, 15) is 18.8 Å². The van der Waals surface area contributed by atoms with Crippen LogP contribution in [0.15, 0.2) is 58.1 Å². The third-order valence-electron chi connectivity index (χ3n) is 3.96. The summed E-state index contributed by atoms with van der Waals surface area (Å²) in [6.07, 6.45) is 0. The Morgan fingerprint density at radius 1 is 1.16 bits per heavy atom. The molecule has 1 atom stereocenters. The summed E-state index contributed by atoms with van der Waals surface area (Å²) in [7, 11) is 0. The summed E-state index contributed by atoms with van der Waals surface area (Å²) >= 11 is 0. The number of para-hydroxylation sites is 1. The second kappa shape index (κ2) is 6.72. The van der Waals surface area contributed by atoms with E-state index < -0.39 is 29.0 Å². The topological polar surface area (TPSA) is 84.0 Å². The van der Waals surface area contributed by atoms with Gasteiger partial charge in [0, 0.05) is 5.56 Å². The summed E-state index contributed by atoms with van der Waals surface area (Å²) in [4.78, 5) is 38.4. The molecular weight excluding hydrogens is 325 g/mol. The van der Waals surface area contributed by atoms with Gasteiger partial charge in [-0.1, -0.05) is 30.3 Å². The number of carbonyl (C=O) groups is 1. The number of rotatable bonds is 4. The molecule has 6 nitrogen and oxygen atoms in total. The van der Waals surface area contributed by atoms with E-state index in [1.165, 1.54) is 10.6 Å². The van der Waals surface area contributed by atoms with E-state index in [1.54, 1.807) is 49.4 Å². The number of H-pyrrole nitrogens is 1. The maximum absolute atomic E-state index is 13.8. The molecule has 0 saturated carbocycles. The molecule has 1 amide bonds. The first-order chi connectivity index (χ1) is 12.0. The van der Waals surface area contributed by atoms with Crippen molar-refractivity contribution in [3.8, 4) is 0 Å². The molecule has 2 N–H and O–H groups in total. The van der Waals surface area contributed by atoms with Crippen LogP contribution in [-0.2, 0) is 11.3 Å². The number of fused-ring (bicyclic) bond motifs is 1. The summed E-state index contributed by atoms with van der Waals surface area (Å²) in [5.41, 5.74) is -0.450. The molecule has 3 aromatic rings. The molecule has 0 fully saturated rings. The van der Waals surface area contributed by atoms with Gasteiger partial charge >= 0.3 is 5.69 Å². The molecule has 1 unspecified atom stereocenters. The van der Waals surface area contributed by atoms with Crippen molar-refractivity contribution in [3.63, 3.8) is 0 Å². The van der Waals surface area contributed by atoms with Crippen molar-refractivity contribution in [2.45, 2.75) is 19.5 Å². The van der Waals surface area contributed by atoms with Crippen LogP contribution in [0.3, 0.4) is 0 Å². The largest absolute Gasteiger partial charge is 0.348 e. The van der Waals surface area contributed by atoms with Gasteiger partial charge in [0.1, 0.15) is 12.4 Å². The highest BCUT2D eigenvalue weighted by molar-refractivity contribution is 5.81. The Bertz CT molecular complexity index is 1060. The zero-order valence-corrected chi connectivity index (χ0v) is 13.5. The van der Waals surface area contributed by atoms with E-state index in [2.05, 4.69) is 10.3 Å². The van der Waals surface area contributed by atoms with Gasteiger partial charge in [0.2, 0.25) is 5.91 Å². The molecule has 0 bridgehead atoms. The Morgan fingerprint density at radius 3 is 2.60 bits per heavy atom. The minimum Gasteiger partial charge on any atom is -0.348 e. The molecule has 0 aliphatic heterocycles. The van der Waals surface area contributed by atoms with Crippen molar-refractivity contribution >= 4 is 16.8 Å². The molecule has 2 aromatic carbocycles. The molecule has 25 heavy (non-hydrogen) atoms. The average molecular weight is 341 g/mol. The van der Waals surface area contributed by atoms with E-state index >= 15 is 0 Å². The first kappa shape index (κ1) is 16.6. The van der Waals surface area contributed by atoms with Crippen molar-refractivity contribution in [3.05, 3.63) is 80.7 Å². The van der Waals surface area contributed by atoms with Crippen LogP contribution in [0.5, 0.6) is 0 Å². The Morgan fingerprint density at radius 2 is 1.84 bits per heavy atom. The Labute approximate surface area is 141 Å². The van der Waals surface area contributed by atoms with E-state index in [0.717, 1.165) is 0 Å². The zero-order chi connectivity index (χ0) is 18.0. The van der Waals surface area contributed by atoms with Crippen LogP contribution in [-0.4, -0.2) is 15.5 Å². The number of hydrogen-bond donors (Lipinski definition) is 2. The van der Waals surface area contributed by atoms with Crippen molar-refractivity contribution < 1.29 is 9.18 Å². The third-order valence-corrected chi connectivity index (χ3v) is 3.96. The van der Waals surface area contributed by atoms with Crippen LogP contribution in [0.25, 0.3) is 10.9 Å². The van der Waals surface area contributed by atoms with Crippen LogP contribution in [0.1, 0.15) is 18.5 Å². The van der Waals surface area contributed by atoms with E-state index in [-0.39, 0.29) is 6.54 Å². The Kier molecular flexibility index (Phi) is 4.47. The van der Waals surface area contributed by atoms with Crippen molar-refractivity contribution in [2.75, 3.05) is 0 Å². The van der Waals surface area contributed by atoms with Crippen LogP contribution in [0.4, 0.5) is 4.39 Å². The van der Waals surface area contributed by atoms with Crippen LogP contribution >= 0.6 is 0 Å². The SMILES string of the molecule is CC(NC(=O)Cn1c(=O)[nH]c(=O)c2ccccc21)c1ccccc1F. The molecule has 1 heterocycles. The lowest BCUT2D eigenvalue weighted by molar-refractivity contribution is -0.122. The number of nitrogens with one attached hydrogen (secondary N) is 2. The highest BCUT2D eigenvalue weighted by Crippen LogP contribution is 2.16. The first-order valence-corrected chi connectivity index (χ1v) is 7.73. The quantitative estimate of drug-likeness (QED) is 0.758. The second-order valence-electron chi connectivity index (χ2n) is 5.67. The number of amides is 1. The van der Waals surface area contributed by atoms with Crippen LogP contribution in [0.2, 0.25) is 0 Å². The van der Waals surface area contributed by atoms with Gasteiger partial charge in [-0.05, 0) is 25.1 Å². The molecule has 0 aliphatic carbocycles. The molecule has 3 rings (SSSR count). The van der Waals surface area contributed by atoms with Crippen LogP contribution < -0.4 is 16.6 Å². The maximum atomic E-state index is 13.8. The number of carbonyl (C=O) groups excluding carboxylic acids is 1. The summed E-state index contributed by atoms with van der Waals surface area (Å²) < 4.78 is 15.0. The smallest absolute Gasteiger partial charge is 0.329 e. The van der Waals surface area contributed by atoms with Gasteiger partial charge in [0.15, 0.2) is 0 Å². The summed E-state index contributed by atoms with van der Waals surface area (Å²) in [5, 5.41) is 2.98. The molecule has 128 valence electrons. The number of halogens is 1. The predicted molar refractivity (Wildman–Crippen MR) is 91.8 cm³/mol. The van der Waals surface area contributed by atoms with Crippen molar-refractivity contribution in [1.82, 2.24) is 14.9 Å². The van der Waals surface area contributed by atoms with Crippen LogP contribution in [0, 0.1) is 5.82 Å². The average Bonchev–Trinajstić information content (AvgIpc) is 2.59. The number of aromatic amines is 1. The summed E-state index contributed by atoms with van der Waals surface area (Å²) in [5.74, 6) is -0.878. The lowest BCUT2D eigenvalue weighted by Gasteiger charge is -2.16. The van der Waals surface area contributed by atoms with Crippen molar-refractivity contribution in [1.29, 1.82) is 0 Å². The van der Waals surface area contributed by atoms with Crippen molar-refractivity contribution in [2.24, 2.45) is 0 Å². The predicted octanol–water partition coefficient (Wildman–Crippen LogP) is 1.71. The van der Waals surface area contributed by atoms with Gasteiger partial charge in [-0.25, -0.2) is 9.18 Å². The molecule has 0 radical (unpaired) electrons. The standard InChI is InChI=1S/C18H16FN3O3/c1-11(12-6-2-4-8-14(12)19)20-16(23)10-22-15-9-5-3-7-13(15)17(24)21-18(22)25/h2-9,11H,10H2,1H3,(H,20,23)(H,21,24,25). The van der Waals surface area contributed by atoms with Gasteiger partial charge in [-0.2, -0.15) is 0 Å². The lowest BCUT2D eigenvalue weighted by atomic mass is 10.1. The number of benzene rings is 2. The maximum Gasteiger partial charge on any atom is 0.329 e. The fourth-order valence-corrected chi connectivity index (χ4v) is 2.73. The highest BCUT2D eigenvalue weighted by Gasteiger charge is 2.15. The molecule has 1 aromatic heterocycles. The second-order valence-corrected chi connectivity index (χ2v) is 5.67. The minimum absolute atomic E-state index is 0.283. The molecule has 7 heteroatoms. The molecule has 0 spiro atoms. The van der Waals surface area contributed by atoms with Gasteiger partial charge in [0.05, 0.1) is 16.9 Å². The summed E-state index contributed by atoms with van der Waals surface area (Å²) in [6.45, 7) is 1.37. The normalized spacial score (nSPS) is 12.1. The Balaban J connectivity index is 1.87. The van der Waals surface area contributed by atoms with E-state index in [4.69, 9.17) is 0 Å². The minimum atomic E-state index is -0.669. The fourth-order valence-electron chi connectivity index (χ4n) is 2.73. The Hall–Kier alpha value is -3.22. The lowest BCUT2D eigenvalue weighted by Crippen LogP contribution is -2.37. The molecule has 0 saturated heterocycles. The summed E-state index contributed by atoms with van der Waals surface area (Å²) in [6, 6.07) is 12.1. The fraction of sp³-hybridized carbons (Fsp3) is 0.167. The van der Waals surface area contributed by atoms with Gasteiger partial charge in [-0.15, -0.1) is 0 Å². The van der Waals surface area contributed by atoms with Gasteiger partial charge in [-0.3, -0.25) is 19.1 Å². The first-order valence-electron chi connectivity index (χ1n) is 7.73. The third kappa shape index (κ3) is 3.35. The van der Waals surface area contributed by atoms with E-state index in [0.29, 0.717) is 16.5 Å². The van der Waals surface area contributed by atoms with E-state index in [1.807, 2.05) is 0 Å². The number of hydrogen-bond acceptors (Lipinski definition) is 3. The van der Waals surface area contributed by atoms with Gasteiger partial charge < -0.3 is 5.32 Å². The number of nitrogens with zero attached hydrogens (tertiary/aromatic N) is 1. The molecule has 0 aliphatic rings. The highest BCUT2D eigenvalue weighted by atomic mass is 19.1. The van der Waals surface area contributed by atoms with Gasteiger partial charge in [0.25, 0.3) is 5.56 Å². The zero-order valence-electron chi connectivity index (χ0n) is 13.5. The number of aromatic nitrogens is 2. The molecular formula is C18H16FN3O3.